The average molecular weight is 287 g/mol. The maximum absolute atomic E-state index is 10.1. The van der Waals surface area contributed by atoms with Gasteiger partial charge in [0.15, 0.2) is 0 Å². The number of aromatic nitrogens is 2. The highest BCUT2D eigenvalue weighted by Crippen LogP contribution is 2.34. The maximum Gasteiger partial charge on any atom is 0.119 e. The molecule has 2 heterocycles. The summed E-state index contributed by atoms with van der Waals surface area (Å²) in [6, 6.07) is 8.31. The number of hydrogen-bond donors (Lipinski definition) is 1. The number of methoxy groups -OCH3 is 1. The Balaban J connectivity index is 1.83. The average Bonchev–Trinajstić information content (AvgIpc) is 3.06. The van der Waals surface area contributed by atoms with E-state index in [9.17, 15) is 5.11 Å². The van der Waals surface area contributed by atoms with Gasteiger partial charge in [0.1, 0.15) is 5.75 Å². The smallest absolute Gasteiger partial charge is 0.119 e. The first-order valence-corrected chi connectivity index (χ1v) is 7.18. The molecule has 1 aliphatic rings. The second kappa shape index (κ2) is 5.87. The second-order valence-corrected chi connectivity index (χ2v) is 5.61. The fourth-order valence-corrected chi connectivity index (χ4v) is 2.99. The highest BCUT2D eigenvalue weighted by molar-refractivity contribution is 5.31. The second-order valence-electron chi connectivity index (χ2n) is 5.61. The molecule has 5 nitrogen and oxygen atoms in total. The predicted octanol–water partition coefficient (Wildman–Crippen LogP) is 1.74. The quantitative estimate of drug-likeness (QED) is 0.930. The predicted molar refractivity (Wildman–Crippen MR) is 80.0 cm³/mol. The normalized spacial score (nSPS) is 22.6. The van der Waals surface area contributed by atoms with Crippen LogP contribution in [0.3, 0.4) is 0 Å². The van der Waals surface area contributed by atoms with Gasteiger partial charge in [-0.05, 0) is 24.1 Å². The van der Waals surface area contributed by atoms with Gasteiger partial charge in [-0.25, -0.2) is 4.98 Å². The Labute approximate surface area is 124 Å². The van der Waals surface area contributed by atoms with Gasteiger partial charge in [0.2, 0.25) is 0 Å². The number of aliphatic hydroxyl groups excluding tert-OH is 1. The molecule has 0 saturated carbocycles. The Morgan fingerprint density at radius 3 is 3.00 bits per heavy atom. The van der Waals surface area contributed by atoms with Crippen molar-refractivity contribution in [2.24, 2.45) is 7.05 Å². The summed E-state index contributed by atoms with van der Waals surface area (Å²) in [5.74, 6) is 0.856. The van der Waals surface area contributed by atoms with E-state index in [1.54, 1.807) is 7.11 Å². The van der Waals surface area contributed by atoms with Crippen LogP contribution in [0.15, 0.2) is 36.8 Å². The fourth-order valence-electron chi connectivity index (χ4n) is 2.99. The number of hydrogen-bond acceptors (Lipinski definition) is 4. The summed E-state index contributed by atoms with van der Waals surface area (Å²) < 4.78 is 7.33. The van der Waals surface area contributed by atoms with Crippen LogP contribution in [0.4, 0.5) is 0 Å². The highest BCUT2D eigenvalue weighted by atomic mass is 16.5. The van der Waals surface area contributed by atoms with Gasteiger partial charge >= 0.3 is 0 Å². The van der Waals surface area contributed by atoms with Gasteiger partial charge in [-0.1, -0.05) is 12.1 Å². The standard InChI is InChI=1S/C16H21N3O2/c1-18-11-17-8-13(18)9-19-10-14(20)7-16(19)12-4-3-5-15(6-12)21-2/h3-6,8,11,14,16,20H,7,9-10H2,1-2H3/t14-,16+/m0/s1. The SMILES string of the molecule is COc1cccc([C@H]2C[C@H](O)CN2Cc2cncn2C)c1. The number of β-amino-alcohol motifs (C(OH)–C–C–N with tert-alkyl or cyclic N) is 1. The molecule has 0 amide bonds. The summed E-state index contributed by atoms with van der Waals surface area (Å²) in [5.41, 5.74) is 2.34. The van der Waals surface area contributed by atoms with E-state index < -0.39 is 0 Å². The molecule has 0 unspecified atom stereocenters. The Kier molecular flexibility index (Phi) is 3.94. The van der Waals surface area contributed by atoms with Crippen molar-refractivity contribution in [3.63, 3.8) is 0 Å². The molecular weight excluding hydrogens is 266 g/mol. The molecule has 1 aromatic carbocycles. The van der Waals surface area contributed by atoms with Gasteiger partial charge in [-0.15, -0.1) is 0 Å². The van der Waals surface area contributed by atoms with Crippen molar-refractivity contribution in [2.75, 3.05) is 13.7 Å². The lowest BCUT2D eigenvalue weighted by Gasteiger charge is -2.24. The first kappa shape index (κ1) is 14.1. The first-order chi connectivity index (χ1) is 10.2. The van der Waals surface area contributed by atoms with Gasteiger partial charge in [0.05, 0.1) is 25.2 Å². The van der Waals surface area contributed by atoms with Crippen LogP contribution in [0.25, 0.3) is 0 Å². The molecule has 0 bridgehead atoms. The van der Waals surface area contributed by atoms with Crippen LogP contribution in [0.2, 0.25) is 0 Å². The van der Waals surface area contributed by atoms with Gasteiger partial charge < -0.3 is 14.4 Å². The van der Waals surface area contributed by atoms with E-state index in [1.807, 2.05) is 36.3 Å². The topological polar surface area (TPSA) is 50.5 Å². The maximum atomic E-state index is 10.1. The van der Waals surface area contributed by atoms with Crippen molar-refractivity contribution < 1.29 is 9.84 Å². The van der Waals surface area contributed by atoms with E-state index in [4.69, 9.17) is 4.74 Å². The number of nitrogens with zero attached hydrogens (tertiary/aromatic N) is 3. The highest BCUT2D eigenvalue weighted by Gasteiger charge is 2.32. The van der Waals surface area contributed by atoms with Crippen molar-refractivity contribution in [2.45, 2.75) is 25.1 Å². The molecule has 1 N–H and O–H groups in total. The molecule has 1 aliphatic heterocycles. The third kappa shape index (κ3) is 2.94. The van der Waals surface area contributed by atoms with Crippen LogP contribution in [-0.2, 0) is 13.6 Å². The van der Waals surface area contributed by atoms with Crippen LogP contribution in [-0.4, -0.2) is 39.3 Å². The van der Waals surface area contributed by atoms with Crippen LogP contribution in [0, 0.1) is 0 Å². The molecule has 1 saturated heterocycles. The van der Waals surface area contributed by atoms with Gasteiger partial charge in [-0.3, -0.25) is 4.90 Å². The zero-order valence-electron chi connectivity index (χ0n) is 12.4. The minimum Gasteiger partial charge on any atom is -0.497 e. The van der Waals surface area contributed by atoms with Crippen LogP contribution in [0.5, 0.6) is 5.75 Å². The van der Waals surface area contributed by atoms with E-state index in [2.05, 4.69) is 22.0 Å². The van der Waals surface area contributed by atoms with E-state index >= 15 is 0 Å². The van der Waals surface area contributed by atoms with E-state index in [1.165, 1.54) is 5.56 Å². The molecule has 21 heavy (non-hydrogen) atoms. The minimum atomic E-state index is -0.283. The molecule has 1 aromatic heterocycles. The third-order valence-corrected chi connectivity index (χ3v) is 4.14. The molecule has 112 valence electrons. The van der Waals surface area contributed by atoms with E-state index in [-0.39, 0.29) is 12.1 Å². The zero-order valence-corrected chi connectivity index (χ0v) is 12.4. The number of imidazole rings is 1. The Hall–Kier alpha value is -1.85. The largest absolute Gasteiger partial charge is 0.497 e. The molecule has 0 radical (unpaired) electrons. The van der Waals surface area contributed by atoms with Gasteiger partial charge in [-0.2, -0.15) is 0 Å². The summed E-state index contributed by atoms with van der Waals surface area (Å²) in [6.45, 7) is 1.47. The van der Waals surface area contributed by atoms with E-state index in [0.717, 1.165) is 24.4 Å². The summed E-state index contributed by atoms with van der Waals surface area (Å²) in [5, 5.41) is 10.1. The van der Waals surface area contributed by atoms with Crippen molar-refractivity contribution >= 4 is 0 Å². The minimum absolute atomic E-state index is 0.213. The van der Waals surface area contributed by atoms with Crippen molar-refractivity contribution in [1.29, 1.82) is 0 Å². The lowest BCUT2D eigenvalue weighted by atomic mass is 10.0. The summed E-state index contributed by atoms with van der Waals surface area (Å²) >= 11 is 0. The molecule has 0 spiro atoms. The molecular formula is C16H21N3O2. The lowest BCUT2D eigenvalue weighted by Crippen LogP contribution is -2.25. The fraction of sp³-hybridized carbons (Fsp3) is 0.438. The number of benzene rings is 1. The molecule has 0 aliphatic carbocycles. The van der Waals surface area contributed by atoms with Crippen molar-refractivity contribution in [3.05, 3.63) is 48.0 Å². The Morgan fingerprint density at radius 2 is 2.29 bits per heavy atom. The summed E-state index contributed by atoms with van der Waals surface area (Å²) in [4.78, 5) is 6.46. The number of aryl methyl sites for hydroxylation is 1. The number of rotatable bonds is 4. The molecule has 3 rings (SSSR count). The number of ether oxygens (including phenoxy) is 1. The molecule has 2 atom stereocenters. The summed E-state index contributed by atoms with van der Waals surface area (Å²) in [6.07, 6.45) is 4.16. The van der Waals surface area contributed by atoms with Crippen LogP contribution in [0.1, 0.15) is 23.7 Å². The molecule has 1 fully saturated rings. The molecule has 5 heteroatoms. The molecule has 2 aromatic rings. The first-order valence-electron chi connectivity index (χ1n) is 7.18. The van der Waals surface area contributed by atoms with Gasteiger partial charge in [0.25, 0.3) is 0 Å². The number of likely N-dealkylation sites (tertiary alicyclic amines) is 1. The Bertz CT molecular complexity index is 611. The van der Waals surface area contributed by atoms with Crippen LogP contribution < -0.4 is 4.74 Å². The summed E-state index contributed by atoms with van der Waals surface area (Å²) in [7, 11) is 3.67. The van der Waals surface area contributed by atoms with Gasteiger partial charge in [0, 0.05) is 32.4 Å². The zero-order chi connectivity index (χ0) is 14.8. The van der Waals surface area contributed by atoms with Crippen molar-refractivity contribution in [1.82, 2.24) is 14.5 Å². The lowest BCUT2D eigenvalue weighted by molar-refractivity contribution is 0.171. The third-order valence-electron chi connectivity index (χ3n) is 4.14. The number of aliphatic hydroxyl groups is 1. The van der Waals surface area contributed by atoms with Crippen molar-refractivity contribution in [3.8, 4) is 5.75 Å². The van der Waals surface area contributed by atoms with Crippen LogP contribution >= 0.6 is 0 Å². The Morgan fingerprint density at radius 1 is 1.43 bits per heavy atom. The monoisotopic (exact) mass is 287 g/mol. The van der Waals surface area contributed by atoms with E-state index in [0.29, 0.717) is 6.54 Å².